The van der Waals surface area contributed by atoms with Crippen LogP contribution in [0.2, 0.25) is 0 Å². The molecule has 1 heterocycles. The number of aromatic nitrogens is 1. The summed E-state index contributed by atoms with van der Waals surface area (Å²) in [6, 6.07) is 13.6. The maximum atomic E-state index is 12.3. The van der Waals surface area contributed by atoms with E-state index in [1.165, 1.54) is 23.9 Å². The Labute approximate surface area is 159 Å². The molecule has 3 aromatic rings. The summed E-state index contributed by atoms with van der Waals surface area (Å²) in [5.74, 6) is -0.0738. The molecule has 0 unspecified atom stereocenters. The van der Waals surface area contributed by atoms with Gasteiger partial charge in [-0.25, -0.2) is 4.79 Å². The minimum atomic E-state index is -0.644. The molecule has 0 aliphatic rings. The van der Waals surface area contributed by atoms with Gasteiger partial charge in [0.15, 0.2) is 0 Å². The van der Waals surface area contributed by atoms with E-state index in [4.69, 9.17) is 9.26 Å². The minimum Gasteiger partial charge on any atom is -0.457 e. The van der Waals surface area contributed by atoms with Gasteiger partial charge in [0.05, 0.1) is 26.6 Å². The maximum Gasteiger partial charge on any atom is 0.338 e. The van der Waals surface area contributed by atoms with E-state index in [0.717, 1.165) is 4.90 Å². The molecular formula is C19H16N2O5S. The largest absolute Gasteiger partial charge is 0.457 e. The van der Waals surface area contributed by atoms with Crippen molar-refractivity contribution in [2.75, 3.05) is 0 Å². The third kappa shape index (κ3) is 4.35. The number of esters is 1. The Morgan fingerprint density at radius 3 is 2.59 bits per heavy atom. The van der Waals surface area contributed by atoms with E-state index < -0.39 is 10.9 Å². The van der Waals surface area contributed by atoms with Crippen molar-refractivity contribution >= 4 is 23.4 Å². The van der Waals surface area contributed by atoms with Gasteiger partial charge in [-0.15, -0.1) is 0 Å². The molecule has 0 bridgehead atoms. The molecule has 0 atom stereocenters. The highest BCUT2D eigenvalue weighted by Crippen LogP contribution is 2.35. The van der Waals surface area contributed by atoms with Gasteiger partial charge in [-0.1, -0.05) is 35.1 Å². The van der Waals surface area contributed by atoms with Crippen LogP contribution in [-0.2, 0) is 11.3 Å². The zero-order chi connectivity index (χ0) is 19.4. The molecule has 0 saturated carbocycles. The third-order valence-electron chi connectivity index (χ3n) is 3.89. The Hall–Kier alpha value is -3.13. The number of hydrogen-bond donors (Lipinski definition) is 0. The van der Waals surface area contributed by atoms with Gasteiger partial charge in [0.2, 0.25) is 0 Å². The van der Waals surface area contributed by atoms with Crippen molar-refractivity contribution in [1.29, 1.82) is 0 Å². The van der Waals surface area contributed by atoms with Crippen molar-refractivity contribution in [2.45, 2.75) is 30.2 Å². The SMILES string of the molecule is Cc1noc(C)c1COC(=O)c1ccc(Sc2ccccc2)c([N+](=O)[O-])c1. The fourth-order valence-corrected chi connectivity index (χ4v) is 3.34. The molecule has 0 radical (unpaired) electrons. The molecule has 1 aromatic heterocycles. The Balaban J connectivity index is 1.79. The molecule has 8 heteroatoms. The molecule has 0 N–H and O–H groups in total. The summed E-state index contributed by atoms with van der Waals surface area (Å²) in [7, 11) is 0. The van der Waals surface area contributed by atoms with Crippen molar-refractivity contribution < 1.29 is 19.0 Å². The van der Waals surface area contributed by atoms with E-state index in [1.54, 1.807) is 19.9 Å². The topological polar surface area (TPSA) is 95.5 Å². The second kappa shape index (κ2) is 8.05. The van der Waals surface area contributed by atoms with Crippen LogP contribution in [-0.4, -0.2) is 16.0 Å². The van der Waals surface area contributed by atoms with Gasteiger partial charge in [0, 0.05) is 11.0 Å². The van der Waals surface area contributed by atoms with Crippen molar-refractivity contribution in [3.05, 3.63) is 81.2 Å². The van der Waals surface area contributed by atoms with E-state index in [2.05, 4.69) is 5.16 Å². The molecule has 0 fully saturated rings. The summed E-state index contributed by atoms with van der Waals surface area (Å²) in [5, 5.41) is 15.2. The second-order valence-corrected chi connectivity index (χ2v) is 6.85. The van der Waals surface area contributed by atoms with Crippen LogP contribution in [0.3, 0.4) is 0 Å². The van der Waals surface area contributed by atoms with Crippen LogP contribution in [0.4, 0.5) is 5.69 Å². The number of ether oxygens (including phenoxy) is 1. The average Bonchev–Trinajstić information content (AvgIpc) is 2.98. The van der Waals surface area contributed by atoms with E-state index in [1.807, 2.05) is 30.3 Å². The van der Waals surface area contributed by atoms with Gasteiger partial charge in [0.1, 0.15) is 12.4 Å². The summed E-state index contributed by atoms with van der Waals surface area (Å²) in [6.45, 7) is 3.47. The lowest BCUT2D eigenvalue weighted by atomic mass is 10.2. The average molecular weight is 384 g/mol. The van der Waals surface area contributed by atoms with Gasteiger partial charge in [0.25, 0.3) is 5.69 Å². The summed E-state index contributed by atoms with van der Waals surface area (Å²) in [6.07, 6.45) is 0. The predicted octanol–water partition coefficient (Wildman–Crippen LogP) is 4.71. The maximum absolute atomic E-state index is 12.3. The van der Waals surface area contributed by atoms with Gasteiger partial charge in [-0.2, -0.15) is 0 Å². The molecule has 0 aliphatic carbocycles. The van der Waals surface area contributed by atoms with Crippen LogP contribution in [0.15, 0.2) is 62.8 Å². The summed E-state index contributed by atoms with van der Waals surface area (Å²) < 4.78 is 10.3. The molecule has 7 nitrogen and oxygen atoms in total. The number of aryl methyl sites for hydroxylation is 2. The monoisotopic (exact) mass is 384 g/mol. The number of rotatable bonds is 6. The lowest BCUT2D eigenvalue weighted by molar-refractivity contribution is -0.387. The number of hydrogen-bond acceptors (Lipinski definition) is 7. The summed E-state index contributed by atoms with van der Waals surface area (Å²) >= 11 is 1.26. The highest BCUT2D eigenvalue weighted by molar-refractivity contribution is 7.99. The van der Waals surface area contributed by atoms with E-state index >= 15 is 0 Å². The smallest absolute Gasteiger partial charge is 0.338 e. The molecule has 2 aromatic carbocycles. The van der Waals surface area contributed by atoms with Crippen molar-refractivity contribution in [2.24, 2.45) is 0 Å². The lowest BCUT2D eigenvalue weighted by Crippen LogP contribution is -2.07. The van der Waals surface area contributed by atoms with E-state index in [0.29, 0.717) is 21.9 Å². The Kier molecular flexibility index (Phi) is 5.56. The molecular weight excluding hydrogens is 368 g/mol. The standard InChI is InChI=1S/C19H16N2O5S/c1-12-16(13(2)26-20-12)11-25-19(22)14-8-9-18(17(10-14)21(23)24)27-15-6-4-3-5-7-15/h3-10H,11H2,1-2H3. The van der Waals surface area contributed by atoms with Crippen LogP contribution in [0, 0.1) is 24.0 Å². The Bertz CT molecular complexity index is 966. The molecule has 0 saturated heterocycles. The van der Waals surface area contributed by atoms with Crippen molar-refractivity contribution in [3.8, 4) is 0 Å². The molecule has 0 aliphatic heterocycles. The van der Waals surface area contributed by atoms with Gasteiger partial charge in [-0.3, -0.25) is 10.1 Å². The second-order valence-electron chi connectivity index (χ2n) is 5.73. The Morgan fingerprint density at radius 2 is 1.96 bits per heavy atom. The predicted molar refractivity (Wildman–Crippen MR) is 98.8 cm³/mol. The van der Waals surface area contributed by atoms with E-state index in [-0.39, 0.29) is 17.9 Å². The van der Waals surface area contributed by atoms with Gasteiger partial charge in [-0.05, 0) is 38.1 Å². The number of nitro benzene ring substituents is 1. The first-order chi connectivity index (χ1) is 13.0. The van der Waals surface area contributed by atoms with Crippen LogP contribution in [0.1, 0.15) is 27.4 Å². The molecule has 0 spiro atoms. The van der Waals surface area contributed by atoms with Crippen LogP contribution < -0.4 is 0 Å². The van der Waals surface area contributed by atoms with Crippen LogP contribution in [0.5, 0.6) is 0 Å². The van der Waals surface area contributed by atoms with Crippen molar-refractivity contribution in [1.82, 2.24) is 5.16 Å². The summed E-state index contributed by atoms with van der Waals surface area (Å²) in [4.78, 5) is 24.6. The van der Waals surface area contributed by atoms with Crippen molar-refractivity contribution in [3.63, 3.8) is 0 Å². The third-order valence-corrected chi connectivity index (χ3v) is 4.96. The normalized spacial score (nSPS) is 10.6. The Morgan fingerprint density at radius 1 is 1.22 bits per heavy atom. The zero-order valence-electron chi connectivity index (χ0n) is 14.7. The highest BCUT2D eigenvalue weighted by Gasteiger charge is 2.20. The number of benzene rings is 2. The number of carbonyl (C=O) groups is 1. The van der Waals surface area contributed by atoms with Crippen LogP contribution in [0.25, 0.3) is 0 Å². The first-order valence-corrected chi connectivity index (χ1v) is 8.87. The highest BCUT2D eigenvalue weighted by atomic mass is 32.2. The molecule has 138 valence electrons. The lowest BCUT2D eigenvalue weighted by Gasteiger charge is -2.07. The van der Waals surface area contributed by atoms with E-state index in [9.17, 15) is 14.9 Å². The summed E-state index contributed by atoms with van der Waals surface area (Å²) in [5.41, 5.74) is 1.30. The fourth-order valence-electron chi connectivity index (χ4n) is 2.42. The van der Waals surface area contributed by atoms with Gasteiger partial charge < -0.3 is 9.26 Å². The molecule has 27 heavy (non-hydrogen) atoms. The minimum absolute atomic E-state index is 0.00564. The van der Waals surface area contributed by atoms with Crippen LogP contribution >= 0.6 is 11.8 Å². The first kappa shape index (κ1) is 18.7. The first-order valence-electron chi connectivity index (χ1n) is 8.06. The number of nitro groups is 1. The number of carbonyl (C=O) groups excluding carboxylic acids is 1. The molecule has 0 amide bonds. The number of nitrogens with zero attached hydrogens (tertiary/aromatic N) is 2. The fraction of sp³-hybridized carbons (Fsp3) is 0.158. The van der Waals surface area contributed by atoms with Gasteiger partial charge >= 0.3 is 5.97 Å². The zero-order valence-corrected chi connectivity index (χ0v) is 15.5. The molecule has 3 rings (SSSR count). The quantitative estimate of drug-likeness (QED) is 0.345.